The number of fused-ring (bicyclic) bond motifs is 1. The molecule has 108 valence electrons. The molecule has 3 rings (SSSR count). The van der Waals surface area contributed by atoms with Crippen LogP contribution in [-0.4, -0.2) is 16.2 Å². The van der Waals surface area contributed by atoms with E-state index >= 15 is 0 Å². The van der Waals surface area contributed by atoms with Gasteiger partial charge in [-0.15, -0.1) is 0 Å². The van der Waals surface area contributed by atoms with Gasteiger partial charge >= 0.3 is 0 Å². The van der Waals surface area contributed by atoms with Crippen molar-refractivity contribution in [1.82, 2.24) is 14.9 Å². The topological polar surface area (TPSA) is 29.3 Å². The second kappa shape index (κ2) is 6.10. The molecule has 0 bridgehead atoms. The number of benzene rings is 1. The summed E-state index contributed by atoms with van der Waals surface area (Å²) in [6.07, 6.45) is 5.03. The molecule has 1 aromatic carbocycles. The van der Waals surface area contributed by atoms with E-state index in [1.807, 2.05) is 23.0 Å². The zero-order valence-corrected chi connectivity index (χ0v) is 12.6. The summed E-state index contributed by atoms with van der Waals surface area (Å²) in [5, 5.41) is 8.04. The predicted octanol–water partition coefficient (Wildman–Crippen LogP) is 3.60. The molecule has 3 nitrogen and oxygen atoms in total. The SMILES string of the molecule is CCNC(c1ccc(CC)cc1)c1cnn2ccccc12. The van der Waals surface area contributed by atoms with E-state index in [0.29, 0.717) is 0 Å². The Morgan fingerprint density at radius 3 is 2.62 bits per heavy atom. The molecule has 3 heteroatoms. The van der Waals surface area contributed by atoms with Crippen molar-refractivity contribution in [2.24, 2.45) is 0 Å². The molecule has 2 heterocycles. The standard InChI is InChI=1S/C18H21N3/c1-3-14-8-10-15(11-9-14)18(19-4-2)16-13-20-21-12-6-5-7-17(16)21/h5-13,18-19H,3-4H2,1-2H3. The van der Waals surface area contributed by atoms with E-state index in [1.165, 1.54) is 16.7 Å². The van der Waals surface area contributed by atoms with Gasteiger partial charge in [0.2, 0.25) is 0 Å². The number of aryl methyl sites for hydroxylation is 1. The molecular formula is C18H21N3. The Balaban J connectivity index is 2.04. The van der Waals surface area contributed by atoms with Crippen LogP contribution < -0.4 is 5.32 Å². The van der Waals surface area contributed by atoms with Crippen LogP contribution in [0.3, 0.4) is 0 Å². The van der Waals surface area contributed by atoms with Crippen molar-refractivity contribution in [2.75, 3.05) is 6.54 Å². The lowest BCUT2D eigenvalue weighted by atomic mass is 9.98. The predicted molar refractivity (Wildman–Crippen MR) is 86.5 cm³/mol. The lowest BCUT2D eigenvalue weighted by molar-refractivity contribution is 0.634. The number of nitrogens with zero attached hydrogens (tertiary/aromatic N) is 2. The Bertz CT molecular complexity index is 713. The lowest BCUT2D eigenvalue weighted by Gasteiger charge is -2.18. The van der Waals surface area contributed by atoms with Crippen molar-refractivity contribution in [1.29, 1.82) is 0 Å². The van der Waals surface area contributed by atoms with Crippen molar-refractivity contribution >= 4 is 5.52 Å². The monoisotopic (exact) mass is 279 g/mol. The van der Waals surface area contributed by atoms with E-state index in [1.54, 1.807) is 0 Å². The smallest absolute Gasteiger partial charge is 0.0712 e. The van der Waals surface area contributed by atoms with E-state index in [2.05, 4.69) is 60.7 Å². The summed E-state index contributed by atoms with van der Waals surface area (Å²) in [5.41, 5.74) is 5.03. The van der Waals surface area contributed by atoms with E-state index < -0.39 is 0 Å². The highest BCUT2D eigenvalue weighted by Crippen LogP contribution is 2.26. The van der Waals surface area contributed by atoms with E-state index in [-0.39, 0.29) is 6.04 Å². The van der Waals surface area contributed by atoms with Gasteiger partial charge in [0.1, 0.15) is 0 Å². The maximum atomic E-state index is 4.46. The third kappa shape index (κ3) is 2.69. The first-order valence-electron chi connectivity index (χ1n) is 7.58. The van der Waals surface area contributed by atoms with E-state index in [9.17, 15) is 0 Å². The van der Waals surface area contributed by atoms with Crippen molar-refractivity contribution in [2.45, 2.75) is 26.3 Å². The first kappa shape index (κ1) is 13.8. The molecule has 0 saturated heterocycles. The average molecular weight is 279 g/mol. The van der Waals surface area contributed by atoms with Gasteiger partial charge < -0.3 is 5.32 Å². The molecule has 21 heavy (non-hydrogen) atoms. The van der Waals surface area contributed by atoms with Crippen LogP contribution >= 0.6 is 0 Å². The first-order valence-corrected chi connectivity index (χ1v) is 7.58. The highest BCUT2D eigenvalue weighted by molar-refractivity contribution is 5.57. The lowest BCUT2D eigenvalue weighted by Crippen LogP contribution is -2.21. The molecule has 0 amide bonds. The second-order valence-electron chi connectivity index (χ2n) is 5.22. The van der Waals surface area contributed by atoms with Crippen LogP contribution in [0.5, 0.6) is 0 Å². The van der Waals surface area contributed by atoms with Gasteiger partial charge in [0.25, 0.3) is 0 Å². The first-order chi connectivity index (χ1) is 10.3. The van der Waals surface area contributed by atoms with Crippen molar-refractivity contribution in [3.8, 4) is 0 Å². The molecule has 0 aliphatic carbocycles. The number of nitrogens with one attached hydrogen (secondary N) is 1. The molecular weight excluding hydrogens is 258 g/mol. The fourth-order valence-corrected chi connectivity index (χ4v) is 2.73. The second-order valence-corrected chi connectivity index (χ2v) is 5.22. The largest absolute Gasteiger partial charge is 0.306 e. The number of hydrogen-bond donors (Lipinski definition) is 1. The molecule has 0 radical (unpaired) electrons. The zero-order valence-electron chi connectivity index (χ0n) is 12.6. The van der Waals surface area contributed by atoms with Crippen LogP contribution in [-0.2, 0) is 6.42 Å². The van der Waals surface area contributed by atoms with Gasteiger partial charge in [0.15, 0.2) is 0 Å². The minimum atomic E-state index is 0.181. The van der Waals surface area contributed by atoms with Crippen molar-refractivity contribution < 1.29 is 0 Å². The molecule has 1 atom stereocenters. The van der Waals surface area contributed by atoms with Gasteiger partial charge in [0.05, 0.1) is 17.8 Å². The minimum absolute atomic E-state index is 0.181. The molecule has 0 aliphatic heterocycles. The average Bonchev–Trinajstić information content (AvgIpc) is 2.97. The number of hydrogen-bond acceptors (Lipinski definition) is 2. The molecule has 1 unspecified atom stereocenters. The van der Waals surface area contributed by atoms with Crippen LogP contribution in [0.2, 0.25) is 0 Å². The van der Waals surface area contributed by atoms with Gasteiger partial charge in [-0.25, -0.2) is 4.52 Å². The van der Waals surface area contributed by atoms with Crippen LogP contribution in [0.4, 0.5) is 0 Å². The third-order valence-electron chi connectivity index (χ3n) is 3.90. The maximum absolute atomic E-state index is 4.46. The summed E-state index contributed by atoms with van der Waals surface area (Å²) >= 11 is 0. The number of aromatic nitrogens is 2. The molecule has 2 aromatic heterocycles. The molecule has 3 aromatic rings. The Kier molecular flexibility index (Phi) is 4.02. The highest BCUT2D eigenvalue weighted by atomic mass is 15.2. The maximum Gasteiger partial charge on any atom is 0.0712 e. The summed E-state index contributed by atoms with van der Waals surface area (Å²) in [5.74, 6) is 0. The van der Waals surface area contributed by atoms with E-state index in [4.69, 9.17) is 0 Å². The summed E-state index contributed by atoms with van der Waals surface area (Å²) in [4.78, 5) is 0. The minimum Gasteiger partial charge on any atom is -0.306 e. The summed E-state index contributed by atoms with van der Waals surface area (Å²) in [6, 6.07) is 15.2. The molecule has 0 spiro atoms. The van der Waals surface area contributed by atoms with Gasteiger partial charge in [-0.1, -0.05) is 44.2 Å². The Hall–Kier alpha value is -2.13. The quantitative estimate of drug-likeness (QED) is 0.773. The van der Waals surface area contributed by atoms with Crippen LogP contribution in [0.15, 0.2) is 54.9 Å². The summed E-state index contributed by atoms with van der Waals surface area (Å²) < 4.78 is 1.93. The molecule has 0 saturated carbocycles. The number of pyridine rings is 1. The van der Waals surface area contributed by atoms with Gasteiger partial charge in [-0.3, -0.25) is 0 Å². The Labute approximate surface area is 125 Å². The third-order valence-corrected chi connectivity index (χ3v) is 3.90. The summed E-state index contributed by atoms with van der Waals surface area (Å²) in [6.45, 7) is 5.24. The van der Waals surface area contributed by atoms with Crippen LogP contribution in [0.25, 0.3) is 5.52 Å². The van der Waals surface area contributed by atoms with Crippen molar-refractivity contribution in [3.63, 3.8) is 0 Å². The highest BCUT2D eigenvalue weighted by Gasteiger charge is 2.17. The van der Waals surface area contributed by atoms with Gasteiger partial charge in [0, 0.05) is 11.8 Å². The molecule has 0 fully saturated rings. The zero-order chi connectivity index (χ0) is 14.7. The Morgan fingerprint density at radius 1 is 1.10 bits per heavy atom. The van der Waals surface area contributed by atoms with E-state index in [0.717, 1.165) is 18.5 Å². The van der Waals surface area contributed by atoms with Gasteiger partial charge in [-0.05, 0) is 36.2 Å². The summed E-state index contributed by atoms with van der Waals surface area (Å²) in [7, 11) is 0. The van der Waals surface area contributed by atoms with Gasteiger partial charge in [-0.2, -0.15) is 5.10 Å². The van der Waals surface area contributed by atoms with Crippen LogP contribution in [0, 0.1) is 0 Å². The van der Waals surface area contributed by atoms with Crippen LogP contribution in [0.1, 0.15) is 36.6 Å². The Morgan fingerprint density at radius 2 is 1.90 bits per heavy atom. The van der Waals surface area contributed by atoms with Crippen molar-refractivity contribution in [3.05, 3.63) is 71.5 Å². The number of rotatable bonds is 5. The molecule has 1 N–H and O–H groups in total. The molecule has 0 aliphatic rings. The fourth-order valence-electron chi connectivity index (χ4n) is 2.73. The fraction of sp³-hybridized carbons (Fsp3) is 0.278. The normalized spacial score (nSPS) is 12.7.